The monoisotopic (exact) mass is 245 g/mol. The van der Waals surface area contributed by atoms with Gasteiger partial charge in [0.2, 0.25) is 0 Å². The van der Waals surface area contributed by atoms with Crippen LogP contribution in [0.1, 0.15) is 18.1 Å². The number of nitrogens with one attached hydrogen (secondary N) is 1. The third-order valence-corrected chi connectivity index (χ3v) is 2.64. The fraction of sp³-hybridized carbons (Fsp3) is 0.357. The Labute approximate surface area is 107 Å². The number of rotatable bonds is 6. The van der Waals surface area contributed by atoms with Crippen molar-refractivity contribution in [1.29, 1.82) is 0 Å². The Balaban J connectivity index is 1.86. The second-order valence-electron chi connectivity index (χ2n) is 4.51. The highest BCUT2D eigenvalue weighted by Gasteiger charge is 2.00. The van der Waals surface area contributed by atoms with E-state index in [4.69, 9.17) is 5.11 Å². The average molecular weight is 245 g/mol. The molecule has 0 spiro atoms. The van der Waals surface area contributed by atoms with Crippen LogP contribution in [0.3, 0.4) is 0 Å². The van der Waals surface area contributed by atoms with Crippen molar-refractivity contribution in [3.8, 4) is 0 Å². The fourth-order valence-corrected chi connectivity index (χ4v) is 1.78. The molecule has 96 valence electrons. The molecule has 1 unspecified atom stereocenters. The quantitative estimate of drug-likeness (QED) is 0.809. The minimum Gasteiger partial charge on any atom is -0.392 e. The lowest BCUT2D eigenvalue weighted by atomic mass is 10.2. The first-order valence-electron chi connectivity index (χ1n) is 6.18. The fourth-order valence-electron chi connectivity index (χ4n) is 1.78. The second kappa shape index (κ2) is 6.33. The van der Waals surface area contributed by atoms with Gasteiger partial charge < -0.3 is 10.4 Å². The van der Waals surface area contributed by atoms with Crippen LogP contribution in [0.15, 0.2) is 42.7 Å². The molecule has 0 aliphatic rings. The van der Waals surface area contributed by atoms with Crippen molar-refractivity contribution < 1.29 is 5.11 Å². The number of hydrogen-bond donors (Lipinski definition) is 2. The van der Waals surface area contributed by atoms with Crippen LogP contribution in [-0.2, 0) is 13.1 Å². The van der Waals surface area contributed by atoms with Gasteiger partial charge in [-0.25, -0.2) is 0 Å². The zero-order valence-electron chi connectivity index (χ0n) is 10.6. The Hall–Kier alpha value is -1.65. The van der Waals surface area contributed by atoms with Gasteiger partial charge in [0.25, 0.3) is 0 Å². The van der Waals surface area contributed by atoms with Crippen LogP contribution in [0.25, 0.3) is 0 Å². The minimum absolute atomic E-state index is 0.315. The summed E-state index contributed by atoms with van der Waals surface area (Å²) in [6, 6.07) is 10.3. The van der Waals surface area contributed by atoms with Crippen LogP contribution < -0.4 is 5.32 Å². The van der Waals surface area contributed by atoms with Gasteiger partial charge in [-0.2, -0.15) is 5.10 Å². The van der Waals surface area contributed by atoms with E-state index in [1.54, 1.807) is 6.92 Å². The van der Waals surface area contributed by atoms with E-state index in [0.29, 0.717) is 6.54 Å². The smallest absolute Gasteiger partial charge is 0.0659 e. The number of hydrogen-bond acceptors (Lipinski definition) is 3. The van der Waals surface area contributed by atoms with Gasteiger partial charge in [0.15, 0.2) is 0 Å². The third-order valence-electron chi connectivity index (χ3n) is 2.64. The van der Waals surface area contributed by atoms with Crippen molar-refractivity contribution in [2.24, 2.45) is 0 Å². The molecule has 1 aromatic heterocycles. The molecule has 0 aliphatic carbocycles. The molecule has 0 fully saturated rings. The maximum atomic E-state index is 9.15. The molecule has 4 heteroatoms. The SMILES string of the molecule is CC(O)CNCc1cnn(Cc2ccccc2)c1. The first-order chi connectivity index (χ1) is 8.74. The van der Waals surface area contributed by atoms with E-state index in [-0.39, 0.29) is 6.10 Å². The number of aromatic nitrogens is 2. The van der Waals surface area contributed by atoms with Gasteiger partial charge in [-0.05, 0) is 12.5 Å². The van der Waals surface area contributed by atoms with Crippen LogP contribution in [0.2, 0.25) is 0 Å². The van der Waals surface area contributed by atoms with Crippen LogP contribution in [0.4, 0.5) is 0 Å². The molecule has 1 heterocycles. The highest BCUT2D eigenvalue weighted by Crippen LogP contribution is 2.03. The second-order valence-corrected chi connectivity index (χ2v) is 4.51. The number of aliphatic hydroxyl groups excluding tert-OH is 1. The number of benzene rings is 1. The summed E-state index contributed by atoms with van der Waals surface area (Å²) in [6.45, 7) is 3.90. The first-order valence-corrected chi connectivity index (χ1v) is 6.18. The lowest BCUT2D eigenvalue weighted by molar-refractivity contribution is 0.191. The summed E-state index contributed by atoms with van der Waals surface area (Å²) < 4.78 is 1.93. The van der Waals surface area contributed by atoms with Crippen molar-refractivity contribution >= 4 is 0 Å². The van der Waals surface area contributed by atoms with Crippen LogP contribution in [0.5, 0.6) is 0 Å². The first kappa shape index (κ1) is 12.8. The van der Waals surface area contributed by atoms with Gasteiger partial charge in [0, 0.05) is 24.8 Å². The summed E-state index contributed by atoms with van der Waals surface area (Å²) in [5.74, 6) is 0. The van der Waals surface area contributed by atoms with Crippen molar-refractivity contribution in [3.05, 3.63) is 53.9 Å². The lowest BCUT2D eigenvalue weighted by Crippen LogP contribution is -2.23. The lowest BCUT2D eigenvalue weighted by Gasteiger charge is -2.04. The predicted octanol–water partition coefficient (Wildman–Crippen LogP) is 1.40. The van der Waals surface area contributed by atoms with Gasteiger partial charge >= 0.3 is 0 Å². The normalized spacial score (nSPS) is 12.6. The number of aliphatic hydroxyl groups is 1. The summed E-state index contributed by atoms with van der Waals surface area (Å²) in [6.07, 6.45) is 3.57. The molecular weight excluding hydrogens is 226 g/mol. The molecular formula is C14H19N3O. The van der Waals surface area contributed by atoms with Crippen LogP contribution in [0, 0.1) is 0 Å². The predicted molar refractivity (Wildman–Crippen MR) is 71.2 cm³/mol. The van der Waals surface area contributed by atoms with E-state index in [1.807, 2.05) is 35.3 Å². The van der Waals surface area contributed by atoms with Gasteiger partial charge in [-0.3, -0.25) is 4.68 Å². The van der Waals surface area contributed by atoms with Gasteiger partial charge in [0.1, 0.15) is 0 Å². The Morgan fingerprint density at radius 3 is 2.78 bits per heavy atom. The largest absolute Gasteiger partial charge is 0.392 e. The van der Waals surface area contributed by atoms with Crippen molar-refractivity contribution in [2.75, 3.05) is 6.54 Å². The molecule has 0 aliphatic heterocycles. The maximum absolute atomic E-state index is 9.15. The molecule has 0 saturated heterocycles. The number of nitrogens with zero attached hydrogens (tertiary/aromatic N) is 2. The summed E-state index contributed by atoms with van der Waals surface area (Å²) in [7, 11) is 0. The highest BCUT2D eigenvalue weighted by molar-refractivity contribution is 5.15. The van der Waals surface area contributed by atoms with E-state index in [1.165, 1.54) is 5.56 Å². The van der Waals surface area contributed by atoms with Crippen molar-refractivity contribution in [3.63, 3.8) is 0 Å². The third kappa shape index (κ3) is 3.98. The zero-order valence-corrected chi connectivity index (χ0v) is 10.6. The van der Waals surface area contributed by atoms with E-state index in [2.05, 4.69) is 22.5 Å². The Kier molecular flexibility index (Phi) is 4.50. The molecule has 1 atom stereocenters. The van der Waals surface area contributed by atoms with Gasteiger partial charge in [-0.15, -0.1) is 0 Å². The van der Waals surface area contributed by atoms with E-state index < -0.39 is 0 Å². The Bertz CT molecular complexity index is 465. The van der Waals surface area contributed by atoms with Crippen molar-refractivity contribution in [1.82, 2.24) is 15.1 Å². The van der Waals surface area contributed by atoms with E-state index >= 15 is 0 Å². The summed E-state index contributed by atoms with van der Waals surface area (Å²) in [5, 5.41) is 16.6. The molecule has 4 nitrogen and oxygen atoms in total. The Morgan fingerprint density at radius 2 is 2.06 bits per heavy atom. The Morgan fingerprint density at radius 1 is 1.28 bits per heavy atom. The molecule has 0 saturated carbocycles. The summed E-state index contributed by atoms with van der Waals surface area (Å²) >= 11 is 0. The standard InChI is InChI=1S/C14H19N3O/c1-12(18)7-15-8-14-9-16-17(11-14)10-13-5-3-2-4-6-13/h2-6,9,11-12,15,18H,7-8,10H2,1H3. The molecule has 0 amide bonds. The highest BCUT2D eigenvalue weighted by atomic mass is 16.3. The molecule has 2 aromatic rings. The van der Waals surface area contributed by atoms with Gasteiger partial charge in [-0.1, -0.05) is 30.3 Å². The van der Waals surface area contributed by atoms with E-state index in [0.717, 1.165) is 18.7 Å². The zero-order chi connectivity index (χ0) is 12.8. The molecule has 0 radical (unpaired) electrons. The molecule has 1 aromatic carbocycles. The summed E-state index contributed by atoms with van der Waals surface area (Å²) in [5.41, 5.74) is 2.37. The topological polar surface area (TPSA) is 50.1 Å². The van der Waals surface area contributed by atoms with Crippen molar-refractivity contribution in [2.45, 2.75) is 26.1 Å². The average Bonchev–Trinajstić information content (AvgIpc) is 2.78. The van der Waals surface area contributed by atoms with Crippen LogP contribution >= 0.6 is 0 Å². The maximum Gasteiger partial charge on any atom is 0.0659 e. The van der Waals surface area contributed by atoms with Crippen LogP contribution in [-0.4, -0.2) is 27.5 Å². The van der Waals surface area contributed by atoms with E-state index in [9.17, 15) is 0 Å². The van der Waals surface area contributed by atoms with Gasteiger partial charge in [0.05, 0.1) is 18.8 Å². The molecule has 0 bridgehead atoms. The molecule has 18 heavy (non-hydrogen) atoms. The molecule has 2 N–H and O–H groups in total. The summed E-state index contributed by atoms with van der Waals surface area (Å²) in [4.78, 5) is 0. The molecule has 2 rings (SSSR count). The minimum atomic E-state index is -0.315.